The van der Waals surface area contributed by atoms with Crippen LogP contribution in [0.1, 0.15) is 45.9 Å². The summed E-state index contributed by atoms with van der Waals surface area (Å²) >= 11 is 0. The molecule has 2 aromatic heterocycles. The van der Waals surface area contributed by atoms with E-state index in [1.54, 1.807) is 13.8 Å². The van der Waals surface area contributed by atoms with Crippen molar-refractivity contribution in [3.63, 3.8) is 0 Å². The molecule has 1 aliphatic heterocycles. The van der Waals surface area contributed by atoms with Crippen LogP contribution in [0, 0.1) is 39.5 Å². The number of aromatic nitrogens is 1. The molecule has 0 unspecified atom stereocenters. The van der Waals surface area contributed by atoms with Gasteiger partial charge < -0.3 is 19.2 Å². The van der Waals surface area contributed by atoms with E-state index in [2.05, 4.69) is 4.98 Å². The van der Waals surface area contributed by atoms with Gasteiger partial charge >= 0.3 is 5.63 Å². The second-order valence-corrected chi connectivity index (χ2v) is 8.64. The zero-order chi connectivity index (χ0) is 21.6. The molecule has 3 heterocycles. The monoisotopic (exact) mass is 412 g/mol. The summed E-state index contributed by atoms with van der Waals surface area (Å²) in [5.41, 5.74) is 2.39. The maximum absolute atomic E-state index is 13.1. The topological polar surface area (TPSA) is 92.9 Å². The fourth-order valence-electron chi connectivity index (χ4n) is 4.88. The SMILES string of the molecule is Cc1ccc(O[C@@H]2C[C@@H]3CN(C(=O)c4c(C)cc(=O)oc4C)C[C@@H]3C[C@H]2O)c(C)n1. The van der Waals surface area contributed by atoms with Crippen molar-refractivity contribution in [1.82, 2.24) is 9.88 Å². The average molecular weight is 412 g/mol. The molecule has 7 heteroatoms. The summed E-state index contributed by atoms with van der Waals surface area (Å²) in [5.74, 6) is 1.42. The summed E-state index contributed by atoms with van der Waals surface area (Å²) in [6.45, 7) is 8.44. The molecule has 2 aromatic rings. The first-order chi connectivity index (χ1) is 14.2. The van der Waals surface area contributed by atoms with E-state index in [1.807, 2.05) is 30.9 Å². The van der Waals surface area contributed by atoms with Crippen LogP contribution in [0.4, 0.5) is 0 Å². The van der Waals surface area contributed by atoms with Crippen molar-refractivity contribution >= 4 is 5.91 Å². The van der Waals surface area contributed by atoms with Gasteiger partial charge in [0.1, 0.15) is 17.6 Å². The Labute approximate surface area is 175 Å². The van der Waals surface area contributed by atoms with Gasteiger partial charge in [0.15, 0.2) is 0 Å². The predicted molar refractivity (Wildman–Crippen MR) is 111 cm³/mol. The minimum absolute atomic E-state index is 0.117. The molecule has 7 nitrogen and oxygen atoms in total. The molecule has 4 rings (SSSR count). The molecular weight excluding hydrogens is 384 g/mol. The van der Waals surface area contributed by atoms with E-state index in [0.29, 0.717) is 48.6 Å². The van der Waals surface area contributed by atoms with Crippen molar-refractivity contribution < 1.29 is 19.1 Å². The molecule has 0 spiro atoms. The Hall–Kier alpha value is -2.67. The lowest BCUT2D eigenvalue weighted by Gasteiger charge is -2.35. The maximum atomic E-state index is 13.1. The number of nitrogens with zero attached hydrogens (tertiary/aromatic N) is 2. The molecule has 160 valence electrons. The number of hydrogen-bond acceptors (Lipinski definition) is 6. The summed E-state index contributed by atoms with van der Waals surface area (Å²) in [6, 6.07) is 5.16. The number of ether oxygens (including phenoxy) is 1. The number of carbonyl (C=O) groups excluding carboxylic acids is 1. The number of hydrogen-bond donors (Lipinski definition) is 1. The number of aliphatic hydroxyl groups is 1. The van der Waals surface area contributed by atoms with Crippen LogP contribution in [0.25, 0.3) is 0 Å². The van der Waals surface area contributed by atoms with Gasteiger partial charge in [-0.05, 0) is 70.1 Å². The number of likely N-dealkylation sites (tertiary alicyclic amines) is 1. The van der Waals surface area contributed by atoms with Crippen molar-refractivity contribution in [3.05, 3.63) is 56.9 Å². The highest BCUT2D eigenvalue weighted by Gasteiger charge is 2.44. The van der Waals surface area contributed by atoms with Gasteiger partial charge in [0.05, 0.1) is 17.4 Å². The smallest absolute Gasteiger partial charge is 0.336 e. The summed E-state index contributed by atoms with van der Waals surface area (Å²) in [4.78, 5) is 30.9. The van der Waals surface area contributed by atoms with Gasteiger partial charge in [-0.15, -0.1) is 0 Å². The van der Waals surface area contributed by atoms with Crippen LogP contribution < -0.4 is 10.4 Å². The number of carbonyl (C=O) groups is 1. The lowest BCUT2D eigenvalue weighted by atomic mass is 9.78. The van der Waals surface area contributed by atoms with Crippen LogP contribution in [0.5, 0.6) is 5.75 Å². The molecule has 0 bridgehead atoms. The first kappa shape index (κ1) is 20.6. The molecule has 1 saturated carbocycles. The molecule has 4 atom stereocenters. The summed E-state index contributed by atoms with van der Waals surface area (Å²) < 4.78 is 11.3. The third kappa shape index (κ3) is 3.86. The molecule has 1 aliphatic carbocycles. The third-order valence-electron chi connectivity index (χ3n) is 6.38. The highest BCUT2D eigenvalue weighted by molar-refractivity contribution is 5.96. The molecule has 1 saturated heterocycles. The minimum atomic E-state index is -0.583. The number of amides is 1. The number of aliphatic hydroxyl groups excluding tert-OH is 1. The van der Waals surface area contributed by atoms with Gasteiger partial charge in [-0.25, -0.2) is 4.79 Å². The number of pyridine rings is 1. The quantitative estimate of drug-likeness (QED) is 0.833. The summed E-state index contributed by atoms with van der Waals surface area (Å²) in [6.07, 6.45) is 0.382. The van der Waals surface area contributed by atoms with E-state index in [1.165, 1.54) is 6.07 Å². The van der Waals surface area contributed by atoms with Gasteiger partial charge in [0.2, 0.25) is 0 Å². The van der Waals surface area contributed by atoms with E-state index < -0.39 is 11.7 Å². The maximum Gasteiger partial charge on any atom is 0.336 e. The Morgan fingerprint density at radius 2 is 1.87 bits per heavy atom. The van der Waals surface area contributed by atoms with Crippen molar-refractivity contribution in [2.75, 3.05) is 13.1 Å². The molecule has 0 radical (unpaired) electrons. The average Bonchev–Trinajstić information content (AvgIpc) is 3.06. The molecule has 1 amide bonds. The fraction of sp³-hybridized carbons (Fsp3) is 0.522. The molecule has 30 heavy (non-hydrogen) atoms. The Kier molecular flexibility index (Phi) is 5.40. The first-order valence-corrected chi connectivity index (χ1v) is 10.4. The van der Waals surface area contributed by atoms with Crippen molar-refractivity contribution in [2.45, 2.75) is 52.7 Å². The molecule has 2 aliphatic rings. The minimum Gasteiger partial charge on any atom is -0.486 e. The number of fused-ring (bicyclic) bond motifs is 1. The van der Waals surface area contributed by atoms with Gasteiger partial charge in [-0.1, -0.05) is 0 Å². The molecule has 1 N–H and O–H groups in total. The lowest BCUT2D eigenvalue weighted by molar-refractivity contribution is -0.0236. The first-order valence-electron chi connectivity index (χ1n) is 10.4. The van der Waals surface area contributed by atoms with Crippen molar-refractivity contribution in [1.29, 1.82) is 0 Å². The Morgan fingerprint density at radius 3 is 2.53 bits per heavy atom. The summed E-state index contributed by atoms with van der Waals surface area (Å²) in [7, 11) is 0. The number of rotatable bonds is 3. The van der Waals surface area contributed by atoms with Gasteiger partial charge in [0.25, 0.3) is 5.91 Å². The van der Waals surface area contributed by atoms with Crippen LogP contribution in [0.3, 0.4) is 0 Å². The summed E-state index contributed by atoms with van der Waals surface area (Å²) in [5, 5.41) is 10.7. The fourth-order valence-corrected chi connectivity index (χ4v) is 4.88. The van der Waals surface area contributed by atoms with Crippen LogP contribution in [0.15, 0.2) is 27.4 Å². The third-order valence-corrected chi connectivity index (χ3v) is 6.38. The van der Waals surface area contributed by atoms with E-state index in [4.69, 9.17) is 9.15 Å². The van der Waals surface area contributed by atoms with Crippen LogP contribution >= 0.6 is 0 Å². The lowest BCUT2D eigenvalue weighted by Crippen LogP contribution is -2.42. The molecule has 2 fully saturated rings. The highest BCUT2D eigenvalue weighted by Crippen LogP contribution is 2.39. The standard InChI is InChI=1S/C23H28N2O5/c1-12-7-21(27)29-15(4)22(12)23(28)25-10-16-8-18(26)20(9-17(16)11-25)30-19-6-5-13(2)24-14(19)3/h5-7,16-18,20,26H,8-11H2,1-4H3/t16-,17+,18+,20+/m0/s1. The molecule has 0 aromatic carbocycles. The van der Waals surface area contributed by atoms with Crippen LogP contribution in [-0.4, -0.2) is 46.2 Å². The van der Waals surface area contributed by atoms with Gasteiger partial charge in [0, 0.05) is 24.8 Å². The van der Waals surface area contributed by atoms with Gasteiger partial charge in [-0.3, -0.25) is 9.78 Å². The van der Waals surface area contributed by atoms with Gasteiger partial charge in [-0.2, -0.15) is 0 Å². The Balaban J connectivity index is 1.48. The molecular formula is C23H28N2O5. The van der Waals surface area contributed by atoms with Crippen molar-refractivity contribution in [3.8, 4) is 5.75 Å². The largest absolute Gasteiger partial charge is 0.486 e. The van der Waals surface area contributed by atoms with Crippen LogP contribution in [0.2, 0.25) is 0 Å². The van der Waals surface area contributed by atoms with E-state index in [-0.39, 0.29) is 23.8 Å². The van der Waals surface area contributed by atoms with E-state index in [0.717, 1.165) is 11.4 Å². The normalized spacial score (nSPS) is 25.8. The second-order valence-electron chi connectivity index (χ2n) is 8.64. The highest BCUT2D eigenvalue weighted by atomic mass is 16.5. The second kappa shape index (κ2) is 7.87. The van der Waals surface area contributed by atoms with E-state index >= 15 is 0 Å². The number of aryl methyl sites for hydroxylation is 4. The zero-order valence-electron chi connectivity index (χ0n) is 17.8. The Morgan fingerprint density at radius 1 is 1.17 bits per heavy atom. The zero-order valence-corrected chi connectivity index (χ0v) is 17.8. The predicted octanol–water partition coefficient (Wildman–Crippen LogP) is 2.56. The van der Waals surface area contributed by atoms with Crippen LogP contribution in [-0.2, 0) is 0 Å². The van der Waals surface area contributed by atoms with Crippen molar-refractivity contribution in [2.24, 2.45) is 11.8 Å². The Bertz CT molecular complexity index is 1000. The van der Waals surface area contributed by atoms with E-state index in [9.17, 15) is 14.7 Å².